The highest BCUT2D eigenvalue weighted by Crippen LogP contribution is 2.27. The van der Waals surface area contributed by atoms with Crippen molar-refractivity contribution in [1.29, 1.82) is 0 Å². The second kappa shape index (κ2) is 4.53. The molecule has 0 aliphatic carbocycles. The van der Waals surface area contributed by atoms with Gasteiger partial charge in [-0.05, 0) is 18.6 Å². The number of aromatic hydroxyl groups is 1. The molecule has 0 spiro atoms. The molecule has 0 bridgehead atoms. The molecule has 1 atom stereocenters. The zero-order chi connectivity index (χ0) is 9.84. The zero-order valence-corrected chi connectivity index (χ0v) is 8.59. The number of hydrogen-bond donors (Lipinski definition) is 3. The zero-order valence-electron chi connectivity index (χ0n) is 7.70. The summed E-state index contributed by atoms with van der Waals surface area (Å²) in [5, 5.41) is 9.56. The summed E-state index contributed by atoms with van der Waals surface area (Å²) in [6.45, 7) is 2.07. The van der Waals surface area contributed by atoms with E-state index in [9.17, 15) is 5.11 Å². The van der Waals surface area contributed by atoms with Gasteiger partial charge in [-0.3, -0.25) is 0 Å². The monoisotopic (exact) mass is 197 g/mol. The minimum Gasteiger partial charge on any atom is -0.508 e. The lowest BCUT2D eigenvalue weighted by atomic mass is 10.0. The van der Waals surface area contributed by atoms with Crippen LogP contribution in [0.4, 0.5) is 0 Å². The van der Waals surface area contributed by atoms with E-state index in [1.54, 1.807) is 6.07 Å². The van der Waals surface area contributed by atoms with Crippen LogP contribution in [0.3, 0.4) is 0 Å². The van der Waals surface area contributed by atoms with Crippen molar-refractivity contribution in [2.75, 3.05) is 0 Å². The Bertz CT molecular complexity index is 288. The van der Waals surface area contributed by atoms with Crippen LogP contribution in [0.15, 0.2) is 23.1 Å². The highest BCUT2D eigenvalue weighted by molar-refractivity contribution is 7.80. The molecule has 0 aliphatic rings. The average molecular weight is 197 g/mol. The number of phenols is 1. The molecule has 0 saturated carbocycles. The Hall–Kier alpha value is -0.670. The van der Waals surface area contributed by atoms with Crippen LogP contribution >= 0.6 is 12.6 Å². The topological polar surface area (TPSA) is 46.2 Å². The number of hydrogen-bond acceptors (Lipinski definition) is 3. The van der Waals surface area contributed by atoms with Gasteiger partial charge < -0.3 is 10.8 Å². The Morgan fingerprint density at radius 3 is 2.77 bits per heavy atom. The SMILES string of the molecule is CCC[C@@H](N)c1ccc(S)cc1O. The summed E-state index contributed by atoms with van der Waals surface area (Å²) in [4.78, 5) is 0.755. The molecule has 0 fully saturated rings. The summed E-state index contributed by atoms with van der Waals surface area (Å²) in [6, 6.07) is 5.22. The fourth-order valence-corrected chi connectivity index (χ4v) is 1.51. The number of thiol groups is 1. The van der Waals surface area contributed by atoms with Gasteiger partial charge in [-0.1, -0.05) is 19.4 Å². The van der Waals surface area contributed by atoms with Crippen LogP contribution in [0.25, 0.3) is 0 Å². The third-order valence-electron chi connectivity index (χ3n) is 2.01. The van der Waals surface area contributed by atoms with Gasteiger partial charge in [0.1, 0.15) is 5.75 Å². The van der Waals surface area contributed by atoms with E-state index >= 15 is 0 Å². The quantitative estimate of drug-likeness (QED) is 0.652. The standard InChI is InChI=1S/C10H15NOS/c1-2-3-9(11)8-5-4-7(13)6-10(8)12/h4-6,9,12-13H,2-3,11H2,1H3/t9-/m1/s1. The maximum absolute atomic E-state index is 9.56. The molecule has 2 nitrogen and oxygen atoms in total. The maximum Gasteiger partial charge on any atom is 0.121 e. The molecule has 0 unspecified atom stereocenters. The molecule has 13 heavy (non-hydrogen) atoms. The molecule has 72 valence electrons. The Balaban J connectivity index is 2.88. The molecule has 3 heteroatoms. The van der Waals surface area contributed by atoms with Crippen molar-refractivity contribution in [3.63, 3.8) is 0 Å². The van der Waals surface area contributed by atoms with Crippen molar-refractivity contribution < 1.29 is 5.11 Å². The summed E-state index contributed by atoms with van der Waals surface area (Å²) in [5.74, 6) is 0.244. The molecule has 0 aromatic heterocycles. The molecule has 0 heterocycles. The van der Waals surface area contributed by atoms with Gasteiger partial charge in [0.05, 0.1) is 0 Å². The molecule has 0 radical (unpaired) electrons. The first-order valence-corrected chi connectivity index (χ1v) is 4.87. The summed E-state index contributed by atoms with van der Waals surface area (Å²) in [5.41, 5.74) is 6.68. The second-order valence-corrected chi connectivity index (χ2v) is 3.65. The van der Waals surface area contributed by atoms with Crippen molar-refractivity contribution >= 4 is 12.6 Å². The predicted octanol–water partition coefficient (Wildman–Crippen LogP) is 2.48. The highest BCUT2D eigenvalue weighted by Gasteiger charge is 2.09. The second-order valence-electron chi connectivity index (χ2n) is 3.14. The van der Waals surface area contributed by atoms with Crippen LogP contribution in [0.2, 0.25) is 0 Å². The van der Waals surface area contributed by atoms with Gasteiger partial charge in [-0.15, -0.1) is 12.6 Å². The molecule has 1 rings (SSSR count). The van der Waals surface area contributed by atoms with E-state index < -0.39 is 0 Å². The Morgan fingerprint density at radius 1 is 1.54 bits per heavy atom. The fourth-order valence-electron chi connectivity index (χ4n) is 1.31. The van der Waals surface area contributed by atoms with E-state index in [0.29, 0.717) is 0 Å². The van der Waals surface area contributed by atoms with Crippen LogP contribution in [-0.2, 0) is 0 Å². The normalized spacial score (nSPS) is 12.8. The number of benzene rings is 1. The molecule has 1 aromatic rings. The number of phenolic OH excluding ortho intramolecular Hbond substituents is 1. The smallest absolute Gasteiger partial charge is 0.121 e. The molecule has 0 amide bonds. The van der Waals surface area contributed by atoms with Crippen LogP contribution in [0.5, 0.6) is 5.75 Å². The van der Waals surface area contributed by atoms with Crippen molar-refractivity contribution in [3.05, 3.63) is 23.8 Å². The lowest BCUT2D eigenvalue weighted by molar-refractivity contribution is 0.456. The first-order chi connectivity index (χ1) is 6.15. The van der Waals surface area contributed by atoms with Crippen molar-refractivity contribution in [2.24, 2.45) is 5.73 Å². The van der Waals surface area contributed by atoms with Crippen LogP contribution in [-0.4, -0.2) is 5.11 Å². The maximum atomic E-state index is 9.56. The number of nitrogens with two attached hydrogens (primary N) is 1. The molecule has 0 aliphatic heterocycles. The first-order valence-electron chi connectivity index (χ1n) is 4.42. The summed E-state index contributed by atoms with van der Waals surface area (Å²) >= 11 is 4.12. The lowest BCUT2D eigenvalue weighted by Crippen LogP contribution is -2.09. The van der Waals surface area contributed by atoms with Crippen molar-refractivity contribution in [1.82, 2.24) is 0 Å². The van der Waals surface area contributed by atoms with Crippen molar-refractivity contribution in [3.8, 4) is 5.75 Å². The lowest BCUT2D eigenvalue weighted by Gasteiger charge is -2.12. The van der Waals surface area contributed by atoms with Crippen LogP contribution < -0.4 is 5.73 Å². The van der Waals surface area contributed by atoms with Gasteiger partial charge >= 0.3 is 0 Å². The van der Waals surface area contributed by atoms with Gasteiger partial charge in [0.15, 0.2) is 0 Å². The summed E-state index contributed by atoms with van der Waals surface area (Å²) in [6.07, 6.45) is 1.91. The Kier molecular flexibility index (Phi) is 3.63. The van der Waals surface area contributed by atoms with Gasteiger partial charge in [0, 0.05) is 16.5 Å². The van der Waals surface area contributed by atoms with E-state index in [1.807, 2.05) is 12.1 Å². The van der Waals surface area contributed by atoms with Gasteiger partial charge in [-0.25, -0.2) is 0 Å². The van der Waals surface area contributed by atoms with E-state index in [2.05, 4.69) is 19.6 Å². The molecule has 3 N–H and O–H groups in total. The Morgan fingerprint density at radius 2 is 2.23 bits per heavy atom. The summed E-state index contributed by atoms with van der Waals surface area (Å²) < 4.78 is 0. The highest BCUT2D eigenvalue weighted by atomic mass is 32.1. The van der Waals surface area contributed by atoms with Crippen LogP contribution in [0, 0.1) is 0 Å². The van der Waals surface area contributed by atoms with Crippen molar-refractivity contribution in [2.45, 2.75) is 30.7 Å². The third-order valence-corrected chi connectivity index (χ3v) is 2.29. The fraction of sp³-hybridized carbons (Fsp3) is 0.400. The molecule has 1 aromatic carbocycles. The van der Waals surface area contributed by atoms with E-state index in [4.69, 9.17) is 5.73 Å². The minimum atomic E-state index is -0.0704. The Labute approximate surface area is 84.2 Å². The van der Waals surface area contributed by atoms with Gasteiger partial charge in [0.25, 0.3) is 0 Å². The van der Waals surface area contributed by atoms with E-state index in [1.165, 1.54) is 0 Å². The van der Waals surface area contributed by atoms with E-state index in [-0.39, 0.29) is 11.8 Å². The third kappa shape index (κ3) is 2.64. The largest absolute Gasteiger partial charge is 0.508 e. The average Bonchev–Trinajstić information content (AvgIpc) is 2.04. The summed E-state index contributed by atoms with van der Waals surface area (Å²) in [7, 11) is 0. The van der Waals surface area contributed by atoms with Gasteiger partial charge in [0.2, 0.25) is 0 Å². The first kappa shape index (κ1) is 10.4. The molecule has 0 saturated heterocycles. The van der Waals surface area contributed by atoms with Crippen LogP contribution in [0.1, 0.15) is 31.4 Å². The molecular weight excluding hydrogens is 182 g/mol. The predicted molar refractivity (Wildman–Crippen MR) is 57.2 cm³/mol. The number of rotatable bonds is 3. The minimum absolute atomic E-state index is 0.0704. The van der Waals surface area contributed by atoms with E-state index in [0.717, 1.165) is 23.3 Å². The van der Waals surface area contributed by atoms with Gasteiger partial charge in [-0.2, -0.15) is 0 Å². The molecular formula is C10H15NOS.